The lowest BCUT2D eigenvalue weighted by atomic mass is 9.97. The Morgan fingerprint density at radius 2 is 1.63 bits per heavy atom. The van der Waals surface area contributed by atoms with Gasteiger partial charge in [-0.1, -0.05) is 60.7 Å². The van der Waals surface area contributed by atoms with E-state index in [1.807, 2.05) is 79.7 Å². The van der Waals surface area contributed by atoms with Crippen LogP contribution in [0.15, 0.2) is 97.1 Å². The number of pyridine rings is 1. The Labute approximate surface area is 221 Å². The van der Waals surface area contributed by atoms with Crippen LogP contribution in [0.25, 0.3) is 21.7 Å². The highest BCUT2D eigenvalue weighted by Crippen LogP contribution is 2.26. The van der Waals surface area contributed by atoms with E-state index in [4.69, 9.17) is 9.47 Å². The Morgan fingerprint density at radius 3 is 2.50 bits per heavy atom. The van der Waals surface area contributed by atoms with Gasteiger partial charge in [-0.2, -0.15) is 0 Å². The number of fused-ring (bicyclic) bond motifs is 2. The standard InChI is InChI=1S/C32H28N2O4/c1-21(31(35)33-19-22-6-5-8-27(16-22)32(36)37-2)24-10-11-26-18-29(15-13-25(26)17-24)38-20-28-14-12-23-7-3-4-9-30(23)34-28/h3-18,21H,19-20H2,1-2H3,(H,33,35). The van der Waals surface area contributed by atoms with Gasteiger partial charge in [-0.15, -0.1) is 0 Å². The SMILES string of the molecule is COC(=O)c1cccc(CNC(=O)C(C)c2ccc3cc(OCc4ccc5ccccc5n4)ccc3c2)c1. The van der Waals surface area contributed by atoms with Crippen molar-refractivity contribution in [3.05, 3.63) is 119 Å². The summed E-state index contributed by atoms with van der Waals surface area (Å²) < 4.78 is 10.8. The molecule has 0 aliphatic rings. The molecule has 0 saturated carbocycles. The van der Waals surface area contributed by atoms with E-state index in [1.54, 1.807) is 18.2 Å². The summed E-state index contributed by atoms with van der Waals surface area (Å²) in [6.45, 7) is 2.60. The molecule has 6 nitrogen and oxygen atoms in total. The third-order valence-electron chi connectivity index (χ3n) is 6.59. The topological polar surface area (TPSA) is 77.5 Å². The molecule has 6 heteroatoms. The zero-order valence-electron chi connectivity index (χ0n) is 21.3. The first kappa shape index (κ1) is 25.0. The van der Waals surface area contributed by atoms with Gasteiger partial charge in [-0.05, 0) is 65.2 Å². The van der Waals surface area contributed by atoms with Crippen molar-refractivity contribution in [2.24, 2.45) is 0 Å². The van der Waals surface area contributed by atoms with Crippen LogP contribution in [-0.4, -0.2) is 24.0 Å². The molecular weight excluding hydrogens is 476 g/mol. The van der Waals surface area contributed by atoms with Gasteiger partial charge in [-0.3, -0.25) is 4.79 Å². The summed E-state index contributed by atoms with van der Waals surface area (Å²) >= 11 is 0. The van der Waals surface area contributed by atoms with Gasteiger partial charge in [-0.25, -0.2) is 9.78 Å². The zero-order valence-corrected chi connectivity index (χ0v) is 21.3. The first-order chi connectivity index (χ1) is 18.5. The second-order valence-electron chi connectivity index (χ2n) is 9.18. The quantitative estimate of drug-likeness (QED) is 0.256. The molecule has 5 rings (SSSR count). The molecule has 0 radical (unpaired) electrons. The van der Waals surface area contributed by atoms with E-state index in [-0.39, 0.29) is 11.8 Å². The predicted octanol–water partition coefficient (Wildman–Crippen LogP) is 6.17. The van der Waals surface area contributed by atoms with E-state index in [0.717, 1.165) is 44.2 Å². The van der Waals surface area contributed by atoms with Crippen molar-refractivity contribution in [2.45, 2.75) is 26.0 Å². The number of hydrogen-bond donors (Lipinski definition) is 1. The maximum atomic E-state index is 12.9. The second-order valence-corrected chi connectivity index (χ2v) is 9.18. The van der Waals surface area contributed by atoms with Crippen molar-refractivity contribution in [3.8, 4) is 5.75 Å². The first-order valence-corrected chi connectivity index (χ1v) is 12.5. The number of carbonyl (C=O) groups is 2. The van der Waals surface area contributed by atoms with Crippen molar-refractivity contribution >= 4 is 33.6 Å². The average molecular weight is 505 g/mol. The smallest absolute Gasteiger partial charge is 0.337 e. The summed E-state index contributed by atoms with van der Waals surface area (Å²) in [6.07, 6.45) is 0. The van der Waals surface area contributed by atoms with Crippen LogP contribution in [0.5, 0.6) is 5.75 Å². The number of nitrogens with zero attached hydrogens (tertiary/aromatic N) is 1. The summed E-state index contributed by atoms with van der Waals surface area (Å²) in [6, 6.07) is 31.1. The minimum absolute atomic E-state index is 0.0874. The van der Waals surface area contributed by atoms with Gasteiger partial charge in [0, 0.05) is 11.9 Å². The van der Waals surface area contributed by atoms with Crippen LogP contribution in [-0.2, 0) is 22.7 Å². The predicted molar refractivity (Wildman–Crippen MR) is 148 cm³/mol. The molecule has 0 aliphatic carbocycles. The lowest BCUT2D eigenvalue weighted by Crippen LogP contribution is -2.27. The number of carbonyl (C=O) groups excluding carboxylic acids is 2. The Morgan fingerprint density at radius 1 is 0.842 bits per heavy atom. The summed E-state index contributed by atoms with van der Waals surface area (Å²) in [5.41, 5.74) is 4.04. The average Bonchev–Trinajstić information content (AvgIpc) is 2.97. The molecule has 0 aliphatic heterocycles. The molecule has 4 aromatic carbocycles. The number of amides is 1. The third kappa shape index (κ3) is 5.65. The summed E-state index contributed by atoms with van der Waals surface area (Å²) in [5, 5.41) is 6.13. The third-order valence-corrected chi connectivity index (χ3v) is 6.59. The normalized spacial score (nSPS) is 11.7. The number of aromatic nitrogens is 1. The number of nitrogens with one attached hydrogen (secondary N) is 1. The molecule has 0 spiro atoms. The highest BCUT2D eigenvalue weighted by atomic mass is 16.5. The van der Waals surface area contributed by atoms with E-state index >= 15 is 0 Å². The maximum absolute atomic E-state index is 12.9. The number of esters is 1. The van der Waals surface area contributed by atoms with Crippen LogP contribution < -0.4 is 10.1 Å². The Balaban J connectivity index is 1.22. The minimum Gasteiger partial charge on any atom is -0.487 e. The van der Waals surface area contributed by atoms with Crippen LogP contribution in [0, 0.1) is 0 Å². The van der Waals surface area contributed by atoms with Gasteiger partial charge < -0.3 is 14.8 Å². The van der Waals surface area contributed by atoms with Gasteiger partial charge in [0.2, 0.25) is 5.91 Å². The summed E-state index contributed by atoms with van der Waals surface area (Å²) in [7, 11) is 1.35. The van der Waals surface area contributed by atoms with Crippen LogP contribution >= 0.6 is 0 Å². The van der Waals surface area contributed by atoms with E-state index in [9.17, 15) is 9.59 Å². The Kier molecular flexibility index (Phi) is 7.31. The number of methoxy groups -OCH3 is 1. The van der Waals surface area contributed by atoms with Crippen LogP contribution in [0.3, 0.4) is 0 Å². The molecule has 1 amide bonds. The fraction of sp³-hybridized carbons (Fsp3) is 0.156. The molecule has 0 fully saturated rings. The lowest BCUT2D eigenvalue weighted by Gasteiger charge is -2.14. The number of para-hydroxylation sites is 1. The number of rotatable bonds is 8. The van der Waals surface area contributed by atoms with E-state index in [0.29, 0.717) is 18.7 Å². The fourth-order valence-corrected chi connectivity index (χ4v) is 4.37. The molecule has 1 heterocycles. The Bertz CT molecular complexity index is 1630. The second kappa shape index (κ2) is 11.1. The van der Waals surface area contributed by atoms with Crippen molar-refractivity contribution in [1.82, 2.24) is 10.3 Å². The minimum atomic E-state index is -0.401. The van der Waals surface area contributed by atoms with E-state index in [2.05, 4.69) is 16.4 Å². The van der Waals surface area contributed by atoms with Crippen molar-refractivity contribution < 1.29 is 19.1 Å². The maximum Gasteiger partial charge on any atom is 0.337 e. The number of ether oxygens (including phenoxy) is 2. The molecule has 1 N–H and O–H groups in total. The van der Waals surface area contributed by atoms with Gasteiger partial charge in [0.15, 0.2) is 0 Å². The summed E-state index contributed by atoms with van der Waals surface area (Å²) in [4.78, 5) is 29.3. The first-order valence-electron chi connectivity index (χ1n) is 12.5. The molecule has 5 aromatic rings. The molecule has 1 aromatic heterocycles. The molecule has 38 heavy (non-hydrogen) atoms. The largest absolute Gasteiger partial charge is 0.487 e. The lowest BCUT2D eigenvalue weighted by molar-refractivity contribution is -0.122. The molecule has 1 unspecified atom stereocenters. The number of benzene rings is 4. The molecule has 0 bridgehead atoms. The molecular formula is C32H28N2O4. The molecule has 1 atom stereocenters. The monoisotopic (exact) mass is 504 g/mol. The van der Waals surface area contributed by atoms with Crippen LogP contribution in [0.1, 0.15) is 40.0 Å². The van der Waals surface area contributed by atoms with E-state index < -0.39 is 5.97 Å². The van der Waals surface area contributed by atoms with Gasteiger partial charge in [0.05, 0.1) is 29.8 Å². The Hall–Kier alpha value is -4.71. The fourth-order valence-electron chi connectivity index (χ4n) is 4.37. The van der Waals surface area contributed by atoms with Crippen molar-refractivity contribution in [2.75, 3.05) is 7.11 Å². The van der Waals surface area contributed by atoms with Crippen LogP contribution in [0.4, 0.5) is 0 Å². The van der Waals surface area contributed by atoms with Crippen molar-refractivity contribution in [3.63, 3.8) is 0 Å². The van der Waals surface area contributed by atoms with Crippen LogP contribution in [0.2, 0.25) is 0 Å². The molecule has 190 valence electrons. The van der Waals surface area contributed by atoms with Gasteiger partial charge in [0.1, 0.15) is 12.4 Å². The van der Waals surface area contributed by atoms with Gasteiger partial charge >= 0.3 is 5.97 Å². The number of hydrogen-bond acceptors (Lipinski definition) is 5. The molecule has 0 saturated heterocycles. The highest BCUT2D eigenvalue weighted by molar-refractivity contribution is 5.90. The summed E-state index contributed by atoms with van der Waals surface area (Å²) in [5.74, 6) is -0.0597. The van der Waals surface area contributed by atoms with E-state index in [1.165, 1.54) is 7.11 Å². The highest BCUT2D eigenvalue weighted by Gasteiger charge is 2.16. The van der Waals surface area contributed by atoms with Crippen molar-refractivity contribution in [1.29, 1.82) is 0 Å². The van der Waals surface area contributed by atoms with Gasteiger partial charge in [0.25, 0.3) is 0 Å². The zero-order chi connectivity index (χ0) is 26.5.